The molecule has 0 saturated carbocycles. The normalized spacial score (nSPS) is 10.5. The Morgan fingerprint density at radius 1 is 1.08 bits per heavy atom. The average molecular weight is 351 g/mol. The molecule has 0 fully saturated rings. The van der Waals surface area contributed by atoms with Crippen LogP contribution in [0.5, 0.6) is 0 Å². The quantitative estimate of drug-likeness (QED) is 0.752. The molecule has 25 heavy (non-hydrogen) atoms. The minimum atomic E-state index is -0.0653. The summed E-state index contributed by atoms with van der Waals surface area (Å²) in [6.07, 6.45) is 0. The molecular formula is C20H21N3OS. The minimum Gasteiger partial charge on any atom is -0.378 e. The average Bonchev–Trinajstić information content (AvgIpc) is 3.06. The van der Waals surface area contributed by atoms with Crippen LogP contribution in [0.1, 0.15) is 20.9 Å². The van der Waals surface area contributed by atoms with E-state index in [0.717, 1.165) is 27.5 Å². The zero-order valence-electron chi connectivity index (χ0n) is 14.6. The van der Waals surface area contributed by atoms with Gasteiger partial charge in [0.2, 0.25) is 0 Å². The van der Waals surface area contributed by atoms with Crippen LogP contribution < -0.4 is 10.2 Å². The molecule has 4 nitrogen and oxygen atoms in total. The highest BCUT2D eigenvalue weighted by Gasteiger charge is 2.06. The second-order valence-corrected chi connectivity index (χ2v) is 7.13. The molecule has 128 valence electrons. The number of aryl methyl sites for hydroxylation is 1. The van der Waals surface area contributed by atoms with Crippen LogP contribution in [0.2, 0.25) is 0 Å². The molecule has 0 aliphatic heterocycles. The van der Waals surface area contributed by atoms with Gasteiger partial charge in [0.05, 0.1) is 10.7 Å². The van der Waals surface area contributed by atoms with Gasteiger partial charge >= 0.3 is 0 Å². The van der Waals surface area contributed by atoms with Crippen molar-refractivity contribution in [1.82, 2.24) is 10.3 Å². The standard InChI is InChI=1S/C20H21N3OS/c1-14-22-19(13-25-14)16-6-4-15(5-7-16)12-21-20(24)17-8-10-18(11-9-17)23(2)3/h4-11,13H,12H2,1-3H3,(H,21,24). The smallest absolute Gasteiger partial charge is 0.251 e. The Labute approximate surface area is 152 Å². The van der Waals surface area contributed by atoms with E-state index in [1.807, 2.05) is 74.4 Å². The lowest BCUT2D eigenvalue weighted by Gasteiger charge is -2.12. The van der Waals surface area contributed by atoms with Gasteiger partial charge in [-0.3, -0.25) is 4.79 Å². The van der Waals surface area contributed by atoms with E-state index in [-0.39, 0.29) is 5.91 Å². The molecule has 3 aromatic rings. The van der Waals surface area contributed by atoms with Crippen molar-refractivity contribution < 1.29 is 4.79 Å². The van der Waals surface area contributed by atoms with Crippen molar-refractivity contribution in [3.8, 4) is 11.3 Å². The first kappa shape index (κ1) is 17.2. The Hall–Kier alpha value is -2.66. The molecule has 5 heteroatoms. The Kier molecular flexibility index (Phi) is 5.14. The number of carbonyl (C=O) groups is 1. The molecule has 1 heterocycles. The summed E-state index contributed by atoms with van der Waals surface area (Å²) in [5, 5.41) is 6.08. The third kappa shape index (κ3) is 4.25. The van der Waals surface area contributed by atoms with Crippen LogP contribution in [0.15, 0.2) is 53.9 Å². The van der Waals surface area contributed by atoms with Crippen molar-refractivity contribution in [3.05, 3.63) is 70.0 Å². The van der Waals surface area contributed by atoms with Crippen LogP contribution in [0.25, 0.3) is 11.3 Å². The summed E-state index contributed by atoms with van der Waals surface area (Å²) in [7, 11) is 3.96. The zero-order valence-corrected chi connectivity index (χ0v) is 15.4. The molecule has 0 bridgehead atoms. The molecule has 1 aromatic heterocycles. The number of anilines is 1. The number of thiazole rings is 1. The molecule has 1 N–H and O–H groups in total. The van der Waals surface area contributed by atoms with Crippen LogP contribution in [0.4, 0.5) is 5.69 Å². The van der Waals surface area contributed by atoms with Gasteiger partial charge in [0.25, 0.3) is 5.91 Å². The van der Waals surface area contributed by atoms with Crippen molar-refractivity contribution in [2.75, 3.05) is 19.0 Å². The van der Waals surface area contributed by atoms with E-state index in [1.54, 1.807) is 11.3 Å². The van der Waals surface area contributed by atoms with Gasteiger partial charge in [-0.2, -0.15) is 0 Å². The monoisotopic (exact) mass is 351 g/mol. The molecule has 0 aliphatic rings. The van der Waals surface area contributed by atoms with Crippen molar-refractivity contribution in [1.29, 1.82) is 0 Å². The van der Waals surface area contributed by atoms with Crippen molar-refractivity contribution in [3.63, 3.8) is 0 Å². The van der Waals surface area contributed by atoms with Crippen LogP contribution in [0, 0.1) is 6.92 Å². The van der Waals surface area contributed by atoms with Crippen LogP contribution in [-0.4, -0.2) is 25.0 Å². The maximum Gasteiger partial charge on any atom is 0.251 e. The van der Waals surface area contributed by atoms with Crippen LogP contribution in [-0.2, 0) is 6.54 Å². The molecule has 1 amide bonds. The second-order valence-electron chi connectivity index (χ2n) is 6.07. The highest BCUT2D eigenvalue weighted by molar-refractivity contribution is 7.09. The van der Waals surface area contributed by atoms with Gasteiger partial charge < -0.3 is 10.2 Å². The van der Waals surface area contributed by atoms with Gasteiger partial charge in [0.15, 0.2) is 0 Å². The molecule has 0 saturated heterocycles. The zero-order chi connectivity index (χ0) is 17.8. The number of amides is 1. The molecule has 2 aromatic carbocycles. The van der Waals surface area contributed by atoms with Crippen molar-refractivity contribution in [2.24, 2.45) is 0 Å². The fourth-order valence-corrected chi connectivity index (χ4v) is 3.11. The molecule has 0 atom stereocenters. The number of nitrogens with one attached hydrogen (secondary N) is 1. The van der Waals surface area contributed by atoms with Gasteiger partial charge in [-0.1, -0.05) is 24.3 Å². The van der Waals surface area contributed by atoms with Crippen molar-refractivity contribution >= 4 is 22.9 Å². The number of benzene rings is 2. The highest BCUT2D eigenvalue weighted by Crippen LogP contribution is 2.21. The maximum absolute atomic E-state index is 12.3. The second kappa shape index (κ2) is 7.49. The summed E-state index contributed by atoms with van der Waals surface area (Å²) in [6.45, 7) is 2.51. The topological polar surface area (TPSA) is 45.2 Å². The van der Waals surface area contributed by atoms with E-state index < -0.39 is 0 Å². The van der Waals surface area contributed by atoms with E-state index in [0.29, 0.717) is 12.1 Å². The Bertz CT molecular complexity index is 851. The fourth-order valence-electron chi connectivity index (χ4n) is 2.48. The van der Waals surface area contributed by atoms with E-state index >= 15 is 0 Å². The lowest BCUT2D eigenvalue weighted by atomic mass is 10.1. The number of hydrogen-bond acceptors (Lipinski definition) is 4. The lowest BCUT2D eigenvalue weighted by molar-refractivity contribution is 0.0951. The SMILES string of the molecule is Cc1nc(-c2ccc(CNC(=O)c3ccc(N(C)C)cc3)cc2)cs1. The summed E-state index contributed by atoms with van der Waals surface area (Å²) < 4.78 is 0. The van der Waals surface area contributed by atoms with E-state index in [4.69, 9.17) is 0 Å². The van der Waals surface area contributed by atoms with Crippen molar-refractivity contribution in [2.45, 2.75) is 13.5 Å². The predicted octanol–water partition coefficient (Wildman–Crippen LogP) is 4.11. The largest absolute Gasteiger partial charge is 0.378 e. The van der Waals surface area contributed by atoms with Gasteiger partial charge in [0.1, 0.15) is 0 Å². The first-order valence-electron chi connectivity index (χ1n) is 8.10. The third-order valence-corrected chi connectivity index (χ3v) is 4.74. The Morgan fingerprint density at radius 2 is 1.76 bits per heavy atom. The first-order chi connectivity index (χ1) is 12.0. The van der Waals surface area contributed by atoms with Crippen LogP contribution in [0.3, 0.4) is 0 Å². The summed E-state index contributed by atoms with van der Waals surface area (Å²) in [5.41, 5.74) is 4.90. The fraction of sp³-hybridized carbons (Fsp3) is 0.200. The molecule has 0 radical (unpaired) electrons. The number of nitrogens with zero attached hydrogens (tertiary/aromatic N) is 2. The Balaban J connectivity index is 1.60. The molecular weight excluding hydrogens is 330 g/mol. The Morgan fingerprint density at radius 3 is 2.32 bits per heavy atom. The number of carbonyl (C=O) groups excluding carboxylic acids is 1. The highest BCUT2D eigenvalue weighted by atomic mass is 32.1. The third-order valence-electron chi connectivity index (χ3n) is 3.97. The minimum absolute atomic E-state index is 0.0653. The summed E-state index contributed by atoms with van der Waals surface area (Å²) in [5.74, 6) is -0.0653. The van der Waals surface area contributed by atoms with E-state index in [2.05, 4.69) is 15.7 Å². The van der Waals surface area contributed by atoms with Crippen LogP contribution >= 0.6 is 11.3 Å². The number of hydrogen-bond donors (Lipinski definition) is 1. The molecule has 0 unspecified atom stereocenters. The predicted molar refractivity (Wildman–Crippen MR) is 104 cm³/mol. The lowest BCUT2D eigenvalue weighted by Crippen LogP contribution is -2.22. The van der Waals surface area contributed by atoms with E-state index in [1.165, 1.54) is 0 Å². The number of aromatic nitrogens is 1. The molecule has 3 rings (SSSR count). The number of rotatable bonds is 5. The van der Waals surface area contributed by atoms with Gasteiger partial charge in [-0.15, -0.1) is 11.3 Å². The summed E-state index contributed by atoms with van der Waals surface area (Å²) in [4.78, 5) is 18.8. The summed E-state index contributed by atoms with van der Waals surface area (Å²) in [6, 6.07) is 15.7. The van der Waals surface area contributed by atoms with Gasteiger partial charge in [-0.25, -0.2) is 4.98 Å². The molecule has 0 aliphatic carbocycles. The maximum atomic E-state index is 12.3. The molecule has 0 spiro atoms. The van der Waals surface area contributed by atoms with Gasteiger partial charge in [-0.05, 0) is 36.8 Å². The summed E-state index contributed by atoms with van der Waals surface area (Å²) >= 11 is 1.65. The van der Waals surface area contributed by atoms with E-state index in [9.17, 15) is 4.79 Å². The van der Waals surface area contributed by atoms with Gasteiger partial charge in [0, 0.05) is 42.8 Å². The first-order valence-corrected chi connectivity index (χ1v) is 8.98.